The molecule has 3 aromatic rings. The molecule has 106 valence electrons. The van der Waals surface area contributed by atoms with E-state index in [0.29, 0.717) is 16.5 Å². The van der Waals surface area contributed by atoms with Crippen LogP contribution in [-0.2, 0) is 0 Å². The smallest absolute Gasteiger partial charge is 0.187 e. The lowest BCUT2D eigenvalue weighted by Gasteiger charge is -2.02. The summed E-state index contributed by atoms with van der Waals surface area (Å²) in [5, 5.41) is 14.6. The topological polar surface area (TPSA) is 45.1 Å². The van der Waals surface area contributed by atoms with Gasteiger partial charge in [0.05, 0.1) is 5.69 Å². The van der Waals surface area contributed by atoms with Gasteiger partial charge in [0.2, 0.25) is 0 Å². The summed E-state index contributed by atoms with van der Waals surface area (Å²) in [6.07, 6.45) is 0. The number of hydrogen-bond acceptors (Lipinski definition) is 4. The molecule has 2 N–H and O–H groups in total. The van der Waals surface area contributed by atoms with Crippen molar-refractivity contribution in [2.45, 2.75) is 0 Å². The Hall–Kier alpha value is -2.47. The Morgan fingerprint density at radius 3 is 2.71 bits per heavy atom. The van der Waals surface area contributed by atoms with Gasteiger partial charge in [0.15, 0.2) is 5.13 Å². The molecule has 3 nitrogen and oxygen atoms in total. The van der Waals surface area contributed by atoms with Crippen molar-refractivity contribution in [2.75, 3.05) is 5.32 Å². The Morgan fingerprint density at radius 2 is 1.95 bits per heavy atom. The van der Waals surface area contributed by atoms with E-state index in [2.05, 4.69) is 10.3 Å². The molecule has 1 aromatic heterocycles. The summed E-state index contributed by atoms with van der Waals surface area (Å²) in [4.78, 5) is 4.26. The van der Waals surface area contributed by atoms with Crippen molar-refractivity contribution in [3.63, 3.8) is 0 Å². The summed E-state index contributed by atoms with van der Waals surface area (Å²) in [6.45, 7) is 0. The maximum atomic E-state index is 13.7. The van der Waals surface area contributed by atoms with E-state index >= 15 is 0 Å². The first-order chi connectivity index (χ1) is 10.1. The molecule has 0 aliphatic rings. The number of anilines is 2. The first-order valence-electron chi connectivity index (χ1n) is 6.09. The molecule has 0 radical (unpaired) electrons. The maximum Gasteiger partial charge on any atom is 0.187 e. The highest BCUT2D eigenvalue weighted by Gasteiger charge is 2.10. The molecule has 0 unspecified atom stereocenters. The predicted molar refractivity (Wildman–Crippen MR) is 78.9 cm³/mol. The summed E-state index contributed by atoms with van der Waals surface area (Å²) >= 11 is 1.29. The molecule has 6 heteroatoms. The van der Waals surface area contributed by atoms with Crippen LogP contribution in [-0.4, -0.2) is 10.1 Å². The molecule has 0 atom stereocenters. The lowest BCUT2D eigenvalue weighted by atomic mass is 10.1. The molecule has 0 spiro atoms. The fourth-order valence-corrected chi connectivity index (χ4v) is 2.59. The standard InChI is InChI=1S/C15H10F2N2OS/c16-9-4-5-12(13(17)6-9)14-8-21-15(19-14)18-10-2-1-3-11(20)7-10/h1-8,20H,(H,18,19). The molecule has 2 aromatic carbocycles. The van der Waals surface area contributed by atoms with Crippen molar-refractivity contribution in [1.29, 1.82) is 0 Å². The number of thiazole rings is 1. The fourth-order valence-electron chi connectivity index (χ4n) is 1.86. The molecule has 21 heavy (non-hydrogen) atoms. The number of halogens is 2. The van der Waals surface area contributed by atoms with Crippen molar-refractivity contribution in [3.8, 4) is 17.0 Å². The van der Waals surface area contributed by atoms with Crippen LogP contribution in [0.15, 0.2) is 47.8 Å². The number of rotatable bonds is 3. The van der Waals surface area contributed by atoms with E-state index in [-0.39, 0.29) is 11.3 Å². The van der Waals surface area contributed by atoms with Gasteiger partial charge in [-0.25, -0.2) is 13.8 Å². The molecule has 0 bridgehead atoms. The Kier molecular flexibility index (Phi) is 3.53. The monoisotopic (exact) mass is 304 g/mol. The summed E-state index contributed by atoms with van der Waals surface area (Å²) in [5.41, 5.74) is 1.35. The SMILES string of the molecule is Oc1cccc(Nc2nc(-c3ccc(F)cc3F)cs2)c1. The van der Waals surface area contributed by atoms with Crippen LogP contribution in [0.2, 0.25) is 0 Å². The zero-order valence-electron chi connectivity index (χ0n) is 10.7. The average Bonchev–Trinajstić information content (AvgIpc) is 2.87. The molecule has 1 heterocycles. The third-order valence-corrected chi connectivity index (χ3v) is 3.57. The van der Waals surface area contributed by atoms with Crippen LogP contribution in [0.1, 0.15) is 0 Å². The van der Waals surface area contributed by atoms with Crippen LogP contribution >= 0.6 is 11.3 Å². The van der Waals surface area contributed by atoms with E-state index in [9.17, 15) is 13.9 Å². The van der Waals surface area contributed by atoms with Crippen LogP contribution in [0.4, 0.5) is 19.6 Å². The van der Waals surface area contributed by atoms with Gasteiger partial charge in [-0.3, -0.25) is 0 Å². The van der Waals surface area contributed by atoms with Gasteiger partial charge in [-0.1, -0.05) is 6.07 Å². The highest BCUT2D eigenvalue weighted by molar-refractivity contribution is 7.14. The van der Waals surface area contributed by atoms with Gasteiger partial charge >= 0.3 is 0 Å². The number of aromatic hydroxyl groups is 1. The minimum Gasteiger partial charge on any atom is -0.508 e. The predicted octanol–water partition coefficient (Wildman–Crippen LogP) is 4.54. The van der Waals surface area contributed by atoms with E-state index in [1.807, 2.05) is 0 Å². The Bertz CT molecular complexity index is 789. The Balaban J connectivity index is 1.86. The molecule has 0 saturated carbocycles. The molecular formula is C15H10F2N2OS. The zero-order chi connectivity index (χ0) is 14.8. The molecule has 0 saturated heterocycles. The van der Waals surface area contributed by atoms with Crippen molar-refractivity contribution >= 4 is 22.2 Å². The van der Waals surface area contributed by atoms with Crippen molar-refractivity contribution in [1.82, 2.24) is 4.98 Å². The van der Waals surface area contributed by atoms with E-state index in [1.54, 1.807) is 29.6 Å². The molecule has 0 aliphatic carbocycles. The second kappa shape index (κ2) is 5.49. The molecular weight excluding hydrogens is 294 g/mol. The molecule has 3 rings (SSSR count). The van der Waals surface area contributed by atoms with Gasteiger partial charge in [-0.15, -0.1) is 11.3 Å². The Morgan fingerprint density at radius 1 is 1.10 bits per heavy atom. The largest absolute Gasteiger partial charge is 0.508 e. The van der Waals surface area contributed by atoms with E-state index in [0.717, 1.165) is 6.07 Å². The third kappa shape index (κ3) is 3.00. The van der Waals surface area contributed by atoms with Gasteiger partial charge in [-0.2, -0.15) is 0 Å². The van der Waals surface area contributed by atoms with Crippen LogP contribution in [0.5, 0.6) is 5.75 Å². The highest BCUT2D eigenvalue weighted by Crippen LogP contribution is 2.29. The third-order valence-electron chi connectivity index (χ3n) is 2.81. The first-order valence-corrected chi connectivity index (χ1v) is 6.97. The summed E-state index contributed by atoms with van der Waals surface area (Å²) in [6, 6.07) is 9.98. The number of phenols is 1. The van der Waals surface area contributed by atoms with Crippen LogP contribution < -0.4 is 5.32 Å². The summed E-state index contributed by atoms with van der Waals surface area (Å²) in [7, 11) is 0. The fraction of sp³-hybridized carbons (Fsp3) is 0. The molecule has 0 amide bonds. The quantitative estimate of drug-likeness (QED) is 0.747. The van der Waals surface area contributed by atoms with Gasteiger partial charge < -0.3 is 10.4 Å². The van der Waals surface area contributed by atoms with Crippen LogP contribution in [0.25, 0.3) is 11.3 Å². The summed E-state index contributed by atoms with van der Waals surface area (Å²) < 4.78 is 26.6. The molecule has 0 aliphatic heterocycles. The van der Waals surface area contributed by atoms with Gasteiger partial charge in [0, 0.05) is 28.8 Å². The normalized spacial score (nSPS) is 10.6. The van der Waals surface area contributed by atoms with Gasteiger partial charge in [0.1, 0.15) is 17.4 Å². The number of aromatic nitrogens is 1. The minimum atomic E-state index is -0.649. The van der Waals surface area contributed by atoms with E-state index in [1.165, 1.54) is 23.5 Å². The van der Waals surface area contributed by atoms with Crippen molar-refractivity contribution in [2.24, 2.45) is 0 Å². The van der Waals surface area contributed by atoms with Crippen molar-refractivity contribution < 1.29 is 13.9 Å². The lowest BCUT2D eigenvalue weighted by Crippen LogP contribution is -1.90. The second-order valence-electron chi connectivity index (χ2n) is 4.34. The van der Waals surface area contributed by atoms with E-state index in [4.69, 9.17) is 0 Å². The van der Waals surface area contributed by atoms with Crippen molar-refractivity contribution in [3.05, 3.63) is 59.5 Å². The average molecular weight is 304 g/mol. The van der Waals surface area contributed by atoms with Gasteiger partial charge in [-0.05, 0) is 24.3 Å². The number of phenolic OH excluding ortho intramolecular Hbond substituents is 1. The van der Waals surface area contributed by atoms with Crippen LogP contribution in [0.3, 0.4) is 0 Å². The molecule has 0 fully saturated rings. The number of hydrogen-bond donors (Lipinski definition) is 2. The Labute approximate surface area is 123 Å². The minimum absolute atomic E-state index is 0.140. The van der Waals surface area contributed by atoms with Crippen LogP contribution in [0, 0.1) is 11.6 Å². The number of nitrogens with zero attached hydrogens (tertiary/aromatic N) is 1. The second-order valence-corrected chi connectivity index (χ2v) is 5.20. The van der Waals surface area contributed by atoms with Gasteiger partial charge in [0.25, 0.3) is 0 Å². The highest BCUT2D eigenvalue weighted by atomic mass is 32.1. The number of benzene rings is 2. The number of nitrogens with one attached hydrogen (secondary N) is 1. The first kappa shape index (κ1) is 13.5. The summed E-state index contributed by atoms with van der Waals surface area (Å²) in [5.74, 6) is -1.13. The lowest BCUT2D eigenvalue weighted by molar-refractivity contribution is 0.475. The van der Waals surface area contributed by atoms with E-state index < -0.39 is 11.6 Å². The maximum absolute atomic E-state index is 13.7. The zero-order valence-corrected chi connectivity index (χ0v) is 11.5.